The van der Waals surface area contributed by atoms with Crippen LogP contribution in [0.15, 0.2) is 60.7 Å². The highest BCUT2D eigenvalue weighted by atomic mass is 35.5. The molecule has 3 aromatic carbocycles. The lowest BCUT2D eigenvalue weighted by Crippen LogP contribution is -2.14. The van der Waals surface area contributed by atoms with Crippen LogP contribution in [0.25, 0.3) is 22.0 Å². The number of ether oxygens (including phenoxy) is 4. The van der Waals surface area contributed by atoms with Gasteiger partial charge < -0.3 is 23.5 Å². The Morgan fingerprint density at radius 2 is 1.80 bits per heavy atom. The molecule has 1 aromatic heterocycles. The van der Waals surface area contributed by atoms with Gasteiger partial charge in [0.05, 0.1) is 19.8 Å². The summed E-state index contributed by atoms with van der Waals surface area (Å²) in [6, 6.07) is 19.4. The predicted molar refractivity (Wildman–Crippen MR) is 136 cm³/mol. The number of carbonyl (C=O) groups excluding carboxylic acids is 1. The van der Waals surface area contributed by atoms with Gasteiger partial charge in [0.25, 0.3) is 0 Å². The van der Waals surface area contributed by atoms with E-state index in [1.165, 1.54) is 0 Å². The van der Waals surface area contributed by atoms with E-state index in [2.05, 4.69) is 6.92 Å². The summed E-state index contributed by atoms with van der Waals surface area (Å²) in [5, 5.41) is 1.44. The maximum atomic E-state index is 13.4. The number of benzene rings is 3. The van der Waals surface area contributed by atoms with Gasteiger partial charge in [-0.05, 0) is 48.7 Å². The van der Waals surface area contributed by atoms with E-state index in [1.807, 2.05) is 59.2 Å². The van der Waals surface area contributed by atoms with Crippen molar-refractivity contribution in [3.8, 4) is 28.4 Å². The van der Waals surface area contributed by atoms with Crippen LogP contribution in [0, 0.1) is 0 Å². The average molecular weight is 492 g/mol. The molecule has 0 amide bonds. The number of carbonyl (C=O) groups is 1. The van der Waals surface area contributed by atoms with Gasteiger partial charge >= 0.3 is 5.97 Å². The first-order valence-electron chi connectivity index (χ1n) is 11.7. The Morgan fingerprint density at radius 3 is 2.54 bits per heavy atom. The Bertz CT molecular complexity index is 1380. The fourth-order valence-electron chi connectivity index (χ4n) is 4.37. The summed E-state index contributed by atoms with van der Waals surface area (Å²) in [5.41, 5.74) is 3.88. The third-order valence-electron chi connectivity index (χ3n) is 5.91. The maximum absolute atomic E-state index is 13.4. The number of esters is 1. The molecule has 0 unspecified atom stereocenters. The van der Waals surface area contributed by atoms with E-state index in [0.717, 1.165) is 39.8 Å². The predicted octanol–water partition coefficient (Wildman–Crippen LogP) is 6.70. The van der Waals surface area contributed by atoms with Crippen molar-refractivity contribution < 1.29 is 23.7 Å². The molecule has 0 saturated heterocycles. The molecule has 35 heavy (non-hydrogen) atoms. The van der Waals surface area contributed by atoms with Crippen LogP contribution in [-0.4, -0.2) is 30.5 Å². The summed E-state index contributed by atoms with van der Waals surface area (Å²) < 4.78 is 24.4. The Hall–Kier alpha value is -3.64. The van der Waals surface area contributed by atoms with Gasteiger partial charge in [0.1, 0.15) is 11.4 Å². The van der Waals surface area contributed by atoms with Crippen LogP contribution in [0.4, 0.5) is 0 Å². The molecule has 0 spiro atoms. The number of fused-ring (bicyclic) bond motifs is 2. The van der Waals surface area contributed by atoms with Crippen LogP contribution in [0.2, 0.25) is 5.02 Å². The summed E-state index contributed by atoms with van der Waals surface area (Å²) >= 11 is 6.62. The van der Waals surface area contributed by atoms with Crippen LogP contribution in [0.5, 0.6) is 17.2 Å². The molecule has 1 aliphatic rings. The zero-order valence-electron chi connectivity index (χ0n) is 19.7. The molecule has 1 aliphatic heterocycles. The van der Waals surface area contributed by atoms with Gasteiger partial charge in [0, 0.05) is 27.6 Å². The largest absolute Gasteiger partial charge is 0.494 e. The van der Waals surface area contributed by atoms with Crippen molar-refractivity contribution in [2.45, 2.75) is 26.8 Å². The third-order valence-corrected chi connectivity index (χ3v) is 6.26. The van der Waals surface area contributed by atoms with E-state index < -0.39 is 5.97 Å². The number of hydrogen-bond donors (Lipinski definition) is 0. The van der Waals surface area contributed by atoms with Crippen molar-refractivity contribution in [1.29, 1.82) is 0 Å². The standard InChI is InChI=1S/C28H26ClNO5/c1-3-12-33-20-10-11-23-21(14-20)26(18-8-6-5-7-9-18)27(28(31)32-4-2)30(23)16-19-13-24-25(15-22(19)29)35-17-34-24/h5-11,13-15H,3-4,12,16-17H2,1-2H3. The quantitative estimate of drug-likeness (QED) is 0.256. The van der Waals surface area contributed by atoms with Gasteiger partial charge in [0.15, 0.2) is 11.5 Å². The molecular formula is C28H26ClNO5. The maximum Gasteiger partial charge on any atom is 0.355 e. The molecule has 0 fully saturated rings. The number of nitrogens with zero attached hydrogens (tertiary/aromatic N) is 1. The van der Waals surface area contributed by atoms with Crippen molar-refractivity contribution in [3.05, 3.63) is 76.9 Å². The van der Waals surface area contributed by atoms with Gasteiger partial charge in [-0.2, -0.15) is 0 Å². The van der Waals surface area contributed by atoms with Crippen molar-refractivity contribution in [3.63, 3.8) is 0 Å². The number of rotatable bonds is 8. The summed E-state index contributed by atoms with van der Waals surface area (Å²) in [7, 11) is 0. The monoisotopic (exact) mass is 491 g/mol. The van der Waals surface area contributed by atoms with Crippen molar-refractivity contribution >= 4 is 28.5 Å². The fraction of sp³-hybridized carbons (Fsp3) is 0.250. The highest BCUT2D eigenvalue weighted by molar-refractivity contribution is 6.31. The molecule has 0 bridgehead atoms. The highest BCUT2D eigenvalue weighted by Gasteiger charge is 2.27. The van der Waals surface area contributed by atoms with Gasteiger partial charge in [-0.25, -0.2) is 4.79 Å². The molecule has 0 atom stereocenters. The van der Waals surface area contributed by atoms with Crippen molar-refractivity contribution in [2.75, 3.05) is 20.0 Å². The SMILES string of the molecule is CCCOc1ccc2c(c1)c(-c1ccccc1)c(C(=O)OCC)n2Cc1cc2c(cc1Cl)OCO2. The first-order chi connectivity index (χ1) is 17.1. The minimum atomic E-state index is -0.393. The van der Waals surface area contributed by atoms with Gasteiger partial charge in [-0.15, -0.1) is 0 Å². The first kappa shape index (κ1) is 23.1. The molecule has 0 saturated carbocycles. The highest BCUT2D eigenvalue weighted by Crippen LogP contribution is 2.41. The second kappa shape index (κ2) is 9.92. The molecule has 4 aromatic rings. The number of hydrogen-bond acceptors (Lipinski definition) is 5. The zero-order valence-corrected chi connectivity index (χ0v) is 20.4. The molecule has 6 nitrogen and oxygen atoms in total. The summed E-state index contributed by atoms with van der Waals surface area (Å²) in [4.78, 5) is 13.4. The van der Waals surface area contributed by atoms with Gasteiger partial charge in [-0.1, -0.05) is 48.9 Å². The third kappa shape index (κ3) is 4.42. The molecule has 180 valence electrons. The van der Waals surface area contributed by atoms with Gasteiger partial charge in [0.2, 0.25) is 6.79 Å². The van der Waals surface area contributed by atoms with Crippen LogP contribution >= 0.6 is 11.6 Å². The van der Waals surface area contributed by atoms with E-state index in [1.54, 1.807) is 13.0 Å². The minimum absolute atomic E-state index is 0.161. The van der Waals surface area contributed by atoms with E-state index in [4.69, 9.17) is 30.5 Å². The molecule has 0 radical (unpaired) electrons. The molecule has 7 heteroatoms. The Kier molecular flexibility index (Phi) is 6.55. The lowest BCUT2D eigenvalue weighted by atomic mass is 10.0. The summed E-state index contributed by atoms with van der Waals surface area (Å²) in [5.74, 6) is 1.61. The minimum Gasteiger partial charge on any atom is -0.494 e. The second-order valence-electron chi connectivity index (χ2n) is 8.22. The molecule has 5 rings (SSSR count). The Balaban J connectivity index is 1.74. The smallest absolute Gasteiger partial charge is 0.355 e. The van der Waals surface area contributed by atoms with Crippen LogP contribution < -0.4 is 14.2 Å². The molecular weight excluding hydrogens is 466 g/mol. The number of halogens is 1. The van der Waals surface area contributed by atoms with Crippen LogP contribution in [0.1, 0.15) is 36.3 Å². The normalized spacial score (nSPS) is 12.2. The molecule has 0 N–H and O–H groups in total. The van der Waals surface area contributed by atoms with Crippen molar-refractivity contribution in [1.82, 2.24) is 4.57 Å². The van der Waals surface area contributed by atoms with Crippen molar-refractivity contribution in [2.24, 2.45) is 0 Å². The van der Waals surface area contributed by atoms with Crippen LogP contribution in [0.3, 0.4) is 0 Å². The first-order valence-corrected chi connectivity index (χ1v) is 12.1. The van der Waals surface area contributed by atoms with E-state index >= 15 is 0 Å². The zero-order chi connectivity index (χ0) is 24.4. The summed E-state index contributed by atoms with van der Waals surface area (Å²) in [6.45, 7) is 5.27. The van der Waals surface area contributed by atoms with E-state index in [-0.39, 0.29) is 13.4 Å². The lowest BCUT2D eigenvalue weighted by molar-refractivity contribution is 0.0516. The second-order valence-corrected chi connectivity index (χ2v) is 8.63. The van der Waals surface area contributed by atoms with E-state index in [9.17, 15) is 4.79 Å². The van der Waals surface area contributed by atoms with Crippen LogP contribution in [-0.2, 0) is 11.3 Å². The Morgan fingerprint density at radius 1 is 1.03 bits per heavy atom. The lowest BCUT2D eigenvalue weighted by Gasteiger charge is -2.13. The summed E-state index contributed by atoms with van der Waals surface area (Å²) in [6.07, 6.45) is 0.904. The average Bonchev–Trinajstić information content (AvgIpc) is 3.45. The van der Waals surface area contributed by atoms with Gasteiger partial charge in [-0.3, -0.25) is 0 Å². The van der Waals surface area contributed by atoms with E-state index in [0.29, 0.717) is 35.4 Å². The Labute approximate surface area is 208 Å². The molecule has 2 heterocycles. The fourth-order valence-corrected chi connectivity index (χ4v) is 4.58. The number of aromatic nitrogens is 1. The molecule has 0 aliphatic carbocycles. The topological polar surface area (TPSA) is 58.9 Å².